The molecule has 0 radical (unpaired) electrons. The van der Waals surface area contributed by atoms with Gasteiger partial charge in [-0.2, -0.15) is 4.31 Å². The van der Waals surface area contributed by atoms with Gasteiger partial charge >= 0.3 is 0 Å². The zero-order valence-corrected chi connectivity index (χ0v) is 18.4. The summed E-state index contributed by atoms with van der Waals surface area (Å²) < 4.78 is 32.5. The highest BCUT2D eigenvalue weighted by atomic mass is 32.2. The second-order valence-corrected chi connectivity index (χ2v) is 9.78. The molecule has 7 nitrogen and oxygen atoms in total. The Balaban J connectivity index is 1.48. The van der Waals surface area contributed by atoms with Crippen LogP contribution in [-0.4, -0.2) is 43.8 Å². The van der Waals surface area contributed by atoms with Crippen molar-refractivity contribution in [1.29, 1.82) is 0 Å². The van der Waals surface area contributed by atoms with Gasteiger partial charge in [-0.1, -0.05) is 13.0 Å². The maximum absolute atomic E-state index is 12.9. The van der Waals surface area contributed by atoms with Gasteiger partial charge in [0.05, 0.1) is 17.5 Å². The van der Waals surface area contributed by atoms with Crippen LogP contribution in [0, 0.1) is 5.92 Å². The normalized spacial score (nSPS) is 17.4. The molecule has 4 rings (SSSR count). The van der Waals surface area contributed by atoms with Crippen molar-refractivity contribution in [3.63, 3.8) is 0 Å². The summed E-state index contributed by atoms with van der Waals surface area (Å²) >= 11 is 0. The zero-order valence-electron chi connectivity index (χ0n) is 17.5. The molecular formula is C23H25N3O4S. The van der Waals surface area contributed by atoms with Gasteiger partial charge < -0.3 is 10.1 Å². The molecule has 1 amide bonds. The molecule has 31 heavy (non-hydrogen) atoms. The van der Waals surface area contributed by atoms with Crippen LogP contribution in [0.3, 0.4) is 0 Å². The number of sulfonamides is 1. The van der Waals surface area contributed by atoms with Crippen molar-refractivity contribution < 1.29 is 17.9 Å². The lowest BCUT2D eigenvalue weighted by atomic mass is 10.0. The highest BCUT2D eigenvalue weighted by Gasteiger charge is 2.28. The number of piperidine rings is 1. The van der Waals surface area contributed by atoms with Crippen molar-refractivity contribution in [3.05, 3.63) is 60.3 Å². The first kappa shape index (κ1) is 21.3. The van der Waals surface area contributed by atoms with Crippen LogP contribution in [-0.2, 0) is 10.0 Å². The number of benzene rings is 2. The second-order valence-electron chi connectivity index (χ2n) is 7.84. The Kier molecular flexibility index (Phi) is 5.93. The van der Waals surface area contributed by atoms with Gasteiger partial charge in [0, 0.05) is 24.2 Å². The van der Waals surface area contributed by atoms with Gasteiger partial charge in [0.15, 0.2) is 0 Å². The van der Waals surface area contributed by atoms with Crippen molar-refractivity contribution in [2.24, 2.45) is 5.92 Å². The number of carbonyl (C=O) groups is 1. The van der Waals surface area contributed by atoms with E-state index >= 15 is 0 Å². The molecule has 162 valence electrons. The molecule has 0 aliphatic carbocycles. The van der Waals surface area contributed by atoms with E-state index in [1.807, 2.05) is 12.1 Å². The Morgan fingerprint density at radius 3 is 2.61 bits per heavy atom. The molecule has 0 saturated carbocycles. The summed E-state index contributed by atoms with van der Waals surface area (Å²) in [5.74, 6) is 0.719. The molecule has 1 unspecified atom stereocenters. The molecule has 1 fully saturated rings. The minimum Gasteiger partial charge on any atom is -0.497 e. The SMILES string of the molecule is COc1ccc2nc(C(=O)Nc3ccc(S(=O)(=O)N4CCCC(C)C4)cc3)ccc2c1. The molecule has 1 saturated heterocycles. The highest BCUT2D eigenvalue weighted by Crippen LogP contribution is 2.25. The smallest absolute Gasteiger partial charge is 0.274 e. The Labute approximate surface area is 182 Å². The van der Waals surface area contributed by atoms with Crippen LogP contribution >= 0.6 is 0 Å². The van der Waals surface area contributed by atoms with Crippen LogP contribution in [0.4, 0.5) is 5.69 Å². The van der Waals surface area contributed by atoms with E-state index in [2.05, 4.69) is 17.2 Å². The van der Waals surface area contributed by atoms with Gasteiger partial charge in [0.25, 0.3) is 5.91 Å². The average molecular weight is 440 g/mol. The van der Waals surface area contributed by atoms with Crippen LogP contribution in [0.15, 0.2) is 59.5 Å². The summed E-state index contributed by atoms with van der Waals surface area (Å²) in [6.07, 6.45) is 1.92. The van der Waals surface area contributed by atoms with E-state index in [0.29, 0.717) is 30.2 Å². The maximum atomic E-state index is 12.9. The third-order valence-corrected chi connectivity index (χ3v) is 7.38. The molecule has 1 N–H and O–H groups in total. The second kappa shape index (κ2) is 8.64. The molecule has 1 atom stereocenters. The molecule has 1 aromatic heterocycles. The monoisotopic (exact) mass is 439 g/mol. The van der Waals surface area contributed by atoms with Gasteiger partial charge in [0.1, 0.15) is 11.4 Å². The largest absolute Gasteiger partial charge is 0.497 e. The lowest BCUT2D eigenvalue weighted by Crippen LogP contribution is -2.39. The van der Waals surface area contributed by atoms with Crippen molar-refractivity contribution in [3.8, 4) is 5.75 Å². The first-order valence-corrected chi connectivity index (χ1v) is 11.7. The molecule has 0 spiro atoms. The summed E-state index contributed by atoms with van der Waals surface area (Å²) in [6.45, 7) is 3.16. The average Bonchev–Trinajstić information content (AvgIpc) is 2.78. The molecule has 1 aliphatic heterocycles. The molecule has 0 bridgehead atoms. The molecule has 3 aromatic rings. The third-order valence-electron chi connectivity index (χ3n) is 5.50. The lowest BCUT2D eigenvalue weighted by molar-refractivity contribution is 0.102. The van der Waals surface area contributed by atoms with Crippen LogP contribution in [0.1, 0.15) is 30.3 Å². The first-order chi connectivity index (χ1) is 14.9. The topological polar surface area (TPSA) is 88.6 Å². The number of rotatable bonds is 5. The lowest BCUT2D eigenvalue weighted by Gasteiger charge is -2.30. The number of anilines is 1. The van der Waals surface area contributed by atoms with E-state index < -0.39 is 10.0 Å². The Hall–Kier alpha value is -2.97. The van der Waals surface area contributed by atoms with Crippen molar-refractivity contribution in [1.82, 2.24) is 9.29 Å². The van der Waals surface area contributed by atoms with Crippen molar-refractivity contribution >= 4 is 32.5 Å². The number of ether oxygens (including phenoxy) is 1. The van der Waals surface area contributed by atoms with E-state index in [4.69, 9.17) is 4.74 Å². The number of pyridine rings is 1. The fraction of sp³-hybridized carbons (Fsp3) is 0.304. The number of fused-ring (bicyclic) bond motifs is 1. The number of methoxy groups -OCH3 is 1. The van der Waals surface area contributed by atoms with Crippen LogP contribution in [0.2, 0.25) is 0 Å². The Bertz CT molecular complexity index is 1210. The van der Waals surface area contributed by atoms with Crippen molar-refractivity contribution in [2.75, 3.05) is 25.5 Å². The maximum Gasteiger partial charge on any atom is 0.274 e. The van der Waals surface area contributed by atoms with Crippen LogP contribution in [0.25, 0.3) is 10.9 Å². The van der Waals surface area contributed by atoms with Gasteiger partial charge in [-0.25, -0.2) is 13.4 Å². The fourth-order valence-corrected chi connectivity index (χ4v) is 5.37. The summed E-state index contributed by atoms with van der Waals surface area (Å²) in [4.78, 5) is 17.3. The Morgan fingerprint density at radius 1 is 1.13 bits per heavy atom. The van der Waals surface area contributed by atoms with Gasteiger partial charge in [-0.05, 0) is 67.3 Å². The summed E-state index contributed by atoms with van der Waals surface area (Å²) in [7, 11) is -1.93. The summed E-state index contributed by atoms with van der Waals surface area (Å²) in [5.41, 5.74) is 1.47. The van der Waals surface area contributed by atoms with E-state index in [1.54, 1.807) is 41.7 Å². The molecule has 8 heteroatoms. The first-order valence-electron chi connectivity index (χ1n) is 10.2. The predicted octanol–water partition coefficient (Wildman–Crippen LogP) is 3.92. The van der Waals surface area contributed by atoms with Gasteiger partial charge in [-0.15, -0.1) is 0 Å². The minimum atomic E-state index is -3.52. The minimum absolute atomic E-state index is 0.234. The fourth-order valence-electron chi connectivity index (χ4n) is 3.78. The van der Waals surface area contributed by atoms with Gasteiger partial charge in [-0.3, -0.25) is 4.79 Å². The Morgan fingerprint density at radius 2 is 1.90 bits per heavy atom. The standard InChI is InChI=1S/C23H25N3O4S/c1-16-4-3-13-26(15-16)31(28,29)20-9-6-18(7-10-20)24-23(27)22-11-5-17-14-19(30-2)8-12-21(17)25-22/h5-12,14,16H,3-4,13,15H2,1-2H3,(H,24,27). The number of aromatic nitrogens is 1. The molecule has 2 heterocycles. The van der Waals surface area contributed by atoms with E-state index in [-0.39, 0.29) is 16.5 Å². The predicted molar refractivity (Wildman–Crippen MR) is 120 cm³/mol. The number of nitrogens with zero attached hydrogens (tertiary/aromatic N) is 2. The number of hydrogen-bond acceptors (Lipinski definition) is 5. The number of carbonyl (C=O) groups excluding carboxylic acids is 1. The third kappa shape index (κ3) is 4.55. The molecular weight excluding hydrogens is 414 g/mol. The van der Waals surface area contributed by atoms with Crippen LogP contribution < -0.4 is 10.1 Å². The summed E-state index contributed by atoms with van der Waals surface area (Å²) in [5, 5.41) is 3.65. The molecule has 2 aromatic carbocycles. The quantitative estimate of drug-likeness (QED) is 0.651. The number of hydrogen-bond donors (Lipinski definition) is 1. The number of amides is 1. The summed E-state index contributed by atoms with van der Waals surface area (Å²) in [6, 6.07) is 15.2. The van der Waals surface area contributed by atoms with E-state index in [9.17, 15) is 13.2 Å². The van der Waals surface area contributed by atoms with E-state index in [1.165, 1.54) is 12.1 Å². The highest BCUT2D eigenvalue weighted by molar-refractivity contribution is 7.89. The number of nitrogens with one attached hydrogen (secondary N) is 1. The van der Waals surface area contributed by atoms with E-state index in [0.717, 1.165) is 24.0 Å². The van der Waals surface area contributed by atoms with Crippen LogP contribution in [0.5, 0.6) is 5.75 Å². The zero-order chi connectivity index (χ0) is 22.0. The van der Waals surface area contributed by atoms with Crippen molar-refractivity contribution in [2.45, 2.75) is 24.7 Å². The molecule has 1 aliphatic rings. The van der Waals surface area contributed by atoms with Gasteiger partial charge in [0.2, 0.25) is 10.0 Å².